The second-order valence-electron chi connectivity index (χ2n) is 5.14. The van der Waals surface area contributed by atoms with Crippen LogP contribution in [-0.4, -0.2) is 39.9 Å². The van der Waals surface area contributed by atoms with Crippen LogP contribution in [0, 0.1) is 6.92 Å². The van der Waals surface area contributed by atoms with Crippen molar-refractivity contribution < 1.29 is 4.79 Å². The molecule has 0 radical (unpaired) electrons. The highest BCUT2D eigenvalue weighted by Crippen LogP contribution is 2.10. The molecule has 104 valence electrons. The molecule has 1 aromatic rings. The zero-order valence-electron chi connectivity index (χ0n) is 11.7. The van der Waals surface area contributed by atoms with Crippen molar-refractivity contribution in [1.82, 2.24) is 20.2 Å². The van der Waals surface area contributed by atoms with Gasteiger partial charge in [-0.1, -0.05) is 0 Å². The summed E-state index contributed by atoms with van der Waals surface area (Å²) in [6.45, 7) is 6.20. The minimum Gasteiger partial charge on any atom is -0.341 e. The van der Waals surface area contributed by atoms with Crippen molar-refractivity contribution in [1.29, 1.82) is 0 Å². The van der Waals surface area contributed by atoms with Crippen molar-refractivity contribution in [3.8, 4) is 0 Å². The summed E-state index contributed by atoms with van der Waals surface area (Å²) in [6, 6.07) is -0.166. The van der Waals surface area contributed by atoms with E-state index in [1.54, 1.807) is 12.4 Å². The number of nitrogens with zero attached hydrogens (tertiary/aromatic N) is 3. The standard InChI is InChI=1S/C14H22N4O/c1-11-8-17-13(9-15-11)10-16-12(2)14(19)18-6-4-3-5-7-18/h8-9,12,16H,3-7,10H2,1-2H3. The fraction of sp³-hybridized carbons (Fsp3) is 0.643. The molecule has 1 aliphatic rings. The molecule has 5 heteroatoms. The maximum absolute atomic E-state index is 12.2. The van der Waals surface area contributed by atoms with Gasteiger partial charge in [0.1, 0.15) is 0 Å². The Hall–Kier alpha value is -1.49. The molecule has 0 bridgehead atoms. The minimum absolute atomic E-state index is 0.166. The van der Waals surface area contributed by atoms with E-state index >= 15 is 0 Å². The van der Waals surface area contributed by atoms with Crippen molar-refractivity contribution >= 4 is 5.91 Å². The predicted molar refractivity (Wildman–Crippen MR) is 73.5 cm³/mol. The van der Waals surface area contributed by atoms with E-state index in [4.69, 9.17) is 0 Å². The van der Waals surface area contributed by atoms with E-state index in [9.17, 15) is 4.79 Å². The highest BCUT2D eigenvalue weighted by Gasteiger charge is 2.21. The van der Waals surface area contributed by atoms with Crippen LogP contribution in [0.1, 0.15) is 37.6 Å². The lowest BCUT2D eigenvalue weighted by molar-refractivity contribution is -0.133. The maximum Gasteiger partial charge on any atom is 0.239 e. The summed E-state index contributed by atoms with van der Waals surface area (Å²) < 4.78 is 0. The molecule has 0 spiro atoms. The molecule has 2 rings (SSSR count). The van der Waals surface area contributed by atoms with Crippen LogP contribution in [0.25, 0.3) is 0 Å². The molecule has 1 saturated heterocycles. The van der Waals surface area contributed by atoms with E-state index in [0.717, 1.165) is 37.3 Å². The fourth-order valence-corrected chi connectivity index (χ4v) is 2.24. The SMILES string of the molecule is Cc1cnc(CNC(C)C(=O)N2CCCCC2)cn1. The molecule has 1 N–H and O–H groups in total. The molecule has 19 heavy (non-hydrogen) atoms. The summed E-state index contributed by atoms with van der Waals surface area (Å²) in [5.41, 5.74) is 1.77. The van der Waals surface area contributed by atoms with Gasteiger partial charge in [-0.15, -0.1) is 0 Å². The van der Waals surface area contributed by atoms with Crippen molar-refractivity contribution in [3.63, 3.8) is 0 Å². The van der Waals surface area contributed by atoms with Crippen LogP contribution in [0.5, 0.6) is 0 Å². The Morgan fingerprint density at radius 1 is 1.32 bits per heavy atom. The lowest BCUT2D eigenvalue weighted by atomic mass is 10.1. The van der Waals surface area contributed by atoms with Gasteiger partial charge < -0.3 is 10.2 Å². The predicted octanol–water partition coefficient (Wildman–Crippen LogP) is 1.28. The molecular formula is C14H22N4O. The molecule has 0 aliphatic carbocycles. The summed E-state index contributed by atoms with van der Waals surface area (Å²) in [4.78, 5) is 22.6. The number of likely N-dealkylation sites (tertiary alicyclic amines) is 1. The van der Waals surface area contributed by atoms with E-state index < -0.39 is 0 Å². The Morgan fingerprint density at radius 2 is 2.05 bits per heavy atom. The Balaban J connectivity index is 1.81. The fourth-order valence-electron chi connectivity index (χ4n) is 2.24. The smallest absolute Gasteiger partial charge is 0.239 e. The van der Waals surface area contributed by atoms with Crippen molar-refractivity contribution in [3.05, 3.63) is 23.8 Å². The lowest BCUT2D eigenvalue weighted by Gasteiger charge is -2.29. The van der Waals surface area contributed by atoms with Crippen LogP contribution in [0.3, 0.4) is 0 Å². The van der Waals surface area contributed by atoms with E-state index in [1.165, 1.54) is 6.42 Å². The molecule has 1 atom stereocenters. The van der Waals surface area contributed by atoms with Crippen molar-refractivity contribution in [2.75, 3.05) is 13.1 Å². The average molecular weight is 262 g/mol. The number of hydrogen-bond acceptors (Lipinski definition) is 4. The normalized spacial score (nSPS) is 17.3. The van der Waals surface area contributed by atoms with E-state index in [2.05, 4.69) is 15.3 Å². The molecule has 1 aliphatic heterocycles. The maximum atomic E-state index is 12.2. The Bertz CT molecular complexity index is 412. The van der Waals surface area contributed by atoms with Crippen LogP contribution >= 0.6 is 0 Å². The van der Waals surface area contributed by atoms with E-state index in [0.29, 0.717) is 6.54 Å². The number of nitrogens with one attached hydrogen (secondary N) is 1. The molecule has 2 heterocycles. The Morgan fingerprint density at radius 3 is 2.68 bits per heavy atom. The molecule has 0 saturated carbocycles. The first-order valence-electron chi connectivity index (χ1n) is 6.96. The van der Waals surface area contributed by atoms with Crippen LogP contribution < -0.4 is 5.32 Å². The lowest BCUT2D eigenvalue weighted by Crippen LogP contribution is -2.46. The molecule has 1 aromatic heterocycles. The second-order valence-corrected chi connectivity index (χ2v) is 5.14. The molecule has 5 nitrogen and oxygen atoms in total. The molecule has 0 aromatic carbocycles. The van der Waals surface area contributed by atoms with Crippen molar-refractivity contribution in [2.24, 2.45) is 0 Å². The summed E-state index contributed by atoms with van der Waals surface area (Å²) in [7, 11) is 0. The number of amides is 1. The number of carbonyl (C=O) groups excluding carboxylic acids is 1. The van der Waals surface area contributed by atoms with Gasteiger partial charge in [0.2, 0.25) is 5.91 Å². The number of carbonyl (C=O) groups is 1. The highest BCUT2D eigenvalue weighted by atomic mass is 16.2. The van der Waals surface area contributed by atoms with Crippen LogP contribution in [0.2, 0.25) is 0 Å². The third-order valence-electron chi connectivity index (χ3n) is 3.46. The van der Waals surface area contributed by atoms with Gasteiger partial charge in [-0.05, 0) is 33.1 Å². The molecule has 1 amide bonds. The van der Waals surface area contributed by atoms with E-state index in [-0.39, 0.29) is 11.9 Å². The third kappa shape index (κ3) is 3.99. The first kappa shape index (κ1) is 13.9. The summed E-state index contributed by atoms with van der Waals surface area (Å²) >= 11 is 0. The topological polar surface area (TPSA) is 58.1 Å². The van der Waals surface area contributed by atoms with Gasteiger partial charge in [0.05, 0.1) is 17.4 Å². The van der Waals surface area contributed by atoms with Gasteiger partial charge in [0.25, 0.3) is 0 Å². The number of aryl methyl sites for hydroxylation is 1. The van der Waals surface area contributed by atoms with Crippen molar-refractivity contribution in [2.45, 2.75) is 45.7 Å². The summed E-state index contributed by atoms with van der Waals surface area (Å²) in [6.07, 6.45) is 6.99. The van der Waals surface area contributed by atoms with E-state index in [1.807, 2.05) is 18.7 Å². The molecule has 1 fully saturated rings. The quantitative estimate of drug-likeness (QED) is 0.888. The largest absolute Gasteiger partial charge is 0.341 e. The first-order chi connectivity index (χ1) is 9.16. The van der Waals surface area contributed by atoms with Gasteiger partial charge in [0, 0.05) is 32.0 Å². The monoisotopic (exact) mass is 262 g/mol. The van der Waals surface area contributed by atoms with Gasteiger partial charge in [-0.3, -0.25) is 14.8 Å². The zero-order valence-corrected chi connectivity index (χ0v) is 11.7. The molecule has 1 unspecified atom stereocenters. The van der Waals surface area contributed by atoms with Crippen LogP contribution in [0.4, 0.5) is 0 Å². The highest BCUT2D eigenvalue weighted by molar-refractivity contribution is 5.81. The van der Waals surface area contributed by atoms with Crippen LogP contribution in [-0.2, 0) is 11.3 Å². The van der Waals surface area contributed by atoms with Crippen LogP contribution in [0.15, 0.2) is 12.4 Å². The minimum atomic E-state index is -0.166. The number of rotatable bonds is 4. The number of piperidine rings is 1. The van der Waals surface area contributed by atoms with Gasteiger partial charge in [-0.25, -0.2) is 0 Å². The van der Waals surface area contributed by atoms with Gasteiger partial charge in [0.15, 0.2) is 0 Å². The first-order valence-corrected chi connectivity index (χ1v) is 6.96. The Kier molecular flexibility index (Phi) is 4.85. The third-order valence-corrected chi connectivity index (χ3v) is 3.46. The zero-order chi connectivity index (χ0) is 13.7. The average Bonchev–Trinajstić information content (AvgIpc) is 2.46. The van der Waals surface area contributed by atoms with Gasteiger partial charge >= 0.3 is 0 Å². The summed E-state index contributed by atoms with van der Waals surface area (Å²) in [5, 5.41) is 3.22. The number of aromatic nitrogens is 2. The second kappa shape index (κ2) is 6.61. The summed E-state index contributed by atoms with van der Waals surface area (Å²) in [5.74, 6) is 0.194. The molecular weight excluding hydrogens is 240 g/mol. The Labute approximate surface area is 114 Å². The van der Waals surface area contributed by atoms with Gasteiger partial charge in [-0.2, -0.15) is 0 Å². The number of hydrogen-bond donors (Lipinski definition) is 1.